The van der Waals surface area contributed by atoms with Gasteiger partial charge in [-0.2, -0.15) is 13.2 Å². The molecule has 2 heterocycles. The number of nitrogens with zero attached hydrogens (tertiary/aromatic N) is 2. The van der Waals surface area contributed by atoms with Crippen LogP contribution in [-0.4, -0.2) is 15.0 Å². The molecule has 30 heavy (non-hydrogen) atoms. The minimum absolute atomic E-state index is 0.118. The number of allylic oxidation sites excluding steroid dienone is 7. The summed E-state index contributed by atoms with van der Waals surface area (Å²) in [5, 5.41) is 0.513. The first-order valence-electron chi connectivity index (χ1n) is 9.15. The van der Waals surface area contributed by atoms with Gasteiger partial charge < -0.3 is 9.72 Å². The Morgan fingerprint density at radius 1 is 1.20 bits per heavy atom. The second-order valence-corrected chi connectivity index (χ2v) is 7.28. The number of aromatic nitrogens is 3. The Labute approximate surface area is 174 Å². The number of hydrogen-bond donors (Lipinski definition) is 1. The molecule has 0 saturated carbocycles. The van der Waals surface area contributed by atoms with Crippen LogP contribution in [0.15, 0.2) is 59.6 Å². The molecule has 4 nitrogen and oxygen atoms in total. The number of ether oxygens (including phenoxy) is 1. The lowest BCUT2D eigenvalue weighted by Crippen LogP contribution is -2.09. The van der Waals surface area contributed by atoms with Crippen molar-refractivity contribution in [3.63, 3.8) is 0 Å². The lowest BCUT2D eigenvalue weighted by molar-refractivity contribution is -0.138. The molecule has 0 saturated heterocycles. The molecule has 2 aromatic rings. The van der Waals surface area contributed by atoms with Crippen molar-refractivity contribution in [2.45, 2.75) is 31.5 Å². The van der Waals surface area contributed by atoms with Gasteiger partial charge in [0.05, 0.1) is 5.56 Å². The number of H-pyrrole nitrogens is 1. The molecule has 2 aromatic heterocycles. The Morgan fingerprint density at radius 3 is 2.70 bits per heavy atom. The van der Waals surface area contributed by atoms with Crippen molar-refractivity contribution in [1.29, 1.82) is 0 Å². The summed E-state index contributed by atoms with van der Waals surface area (Å²) in [7, 11) is 0. The number of alkyl halides is 3. The Hall–Kier alpha value is -2.87. The molecule has 4 rings (SSSR count). The molecular formula is C21H16ClF4N3O. The van der Waals surface area contributed by atoms with Gasteiger partial charge in [-0.1, -0.05) is 29.8 Å². The third-order valence-corrected chi connectivity index (χ3v) is 5.18. The molecule has 0 radical (unpaired) electrons. The van der Waals surface area contributed by atoms with E-state index < -0.39 is 17.6 Å². The lowest BCUT2D eigenvalue weighted by Gasteiger charge is -2.19. The van der Waals surface area contributed by atoms with Crippen LogP contribution in [0.2, 0.25) is 0 Å². The average molecular weight is 438 g/mol. The van der Waals surface area contributed by atoms with Gasteiger partial charge in [0.1, 0.15) is 29.7 Å². The number of aromatic amines is 1. The van der Waals surface area contributed by atoms with E-state index in [-0.39, 0.29) is 18.2 Å². The van der Waals surface area contributed by atoms with Crippen molar-refractivity contribution >= 4 is 17.2 Å². The third-order valence-electron chi connectivity index (χ3n) is 4.80. The molecule has 0 aliphatic heterocycles. The summed E-state index contributed by atoms with van der Waals surface area (Å²) in [6, 6.07) is 0.407. The van der Waals surface area contributed by atoms with Gasteiger partial charge in [-0.15, -0.1) is 0 Å². The van der Waals surface area contributed by atoms with Gasteiger partial charge in [-0.25, -0.2) is 9.37 Å². The number of rotatable bonds is 5. The second kappa shape index (κ2) is 8.10. The minimum atomic E-state index is -4.65. The van der Waals surface area contributed by atoms with Crippen LogP contribution in [-0.2, 0) is 17.5 Å². The Kier molecular flexibility index (Phi) is 5.51. The first kappa shape index (κ1) is 20.4. The topological polar surface area (TPSA) is 50.8 Å². The van der Waals surface area contributed by atoms with Crippen molar-refractivity contribution in [3.8, 4) is 0 Å². The van der Waals surface area contributed by atoms with E-state index in [9.17, 15) is 17.6 Å². The maximum atomic E-state index is 13.9. The van der Waals surface area contributed by atoms with E-state index in [1.54, 1.807) is 18.3 Å². The summed E-state index contributed by atoms with van der Waals surface area (Å²) in [5.74, 6) is -0.0155. The second-order valence-electron chi connectivity index (χ2n) is 6.85. The zero-order chi connectivity index (χ0) is 21.3. The third kappa shape index (κ3) is 4.33. The summed E-state index contributed by atoms with van der Waals surface area (Å²) in [6.07, 6.45) is 8.60. The fraction of sp³-hybridized carbons (Fsp3) is 0.238. The molecule has 2 aliphatic carbocycles. The van der Waals surface area contributed by atoms with Gasteiger partial charge in [-0.3, -0.25) is 4.98 Å². The highest BCUT2D eigenvalue weighted by Gasteiger charge is 2.32. The lowest BCUT2D eigenvalue weighted by atomic mass is 9.97. The first-order chi connectivity index (χ1) is 14.3. The largest absolute Gasteiger partial charge is 0.487 e. The van der Waals surface area contributed by atoms with E-state index in [1.807, 2.05) is 12.2 Å². The first-order valence-corrected chi connectivity index (χ1v) is 9.52. The summed E-state index contributed by atoms with van der Waals surface area (Å²) in [6.45, 7) is -0.310. The smallest absolute Gasteiger partial charge is 0.417 e. The highest BCUT2D eigenvalue weighted by atomic mass is 35.5. The predicted molar refractivity (Wildman–Crippen MR) is 104 cm³/mol. The highest BCUT2D eigenvalue weighted by molar-refractivity contribution is 6.30. The monoisotopic (exact) mass is 437 g/mol. The fourth-order valence-corrected chi connectivity index (χ4v) is 3.50. The van der Waals surface area contributed by atoms with E-state index >= 15 is 0 Å². The van der Waals surface area contributed by atoms with Gasteiger partial charge in [0.2, 0.25) is 0 Å². The molecule has 0 fully saturated rings. The number of hydrogen-bond acceptors (Lipinski definition) is 3. The van der Waals surface area contributed by atoms with Crippen LogP contribution < -0.4 is 0 Å². The van der Waals surface area contributed by atoms with Crippen LogP contribution in [0.4, 0.5) is 17.6 Å². The Morgan fingerprint density at radius 2 is 2.03 bits per heavy atom. The Balaban J connectivity index is 1.40. The molecule has 9 heteroatoms. The van der Waals surface area contributed by atoms with Gasteiger partial charge in [0.25, 0.3) is 0 Å². The fourth-order valence-electron chi connectivity index (χ4n) is 3.19. The Bertz CT molecular complexity index is 1080. The van der Waals surface area contributed by atoms with Crippen LogP contribution in [0, 0.1) is 5.82 Å². The molecule has 0 bridgehead atoms. The molecule has 1 N–H and O–H groups in total. The molecule has 2 aliphatic rings. The molecule has 1 unspecified atom stereocenters. The summed E-state index contributed by atoms with van der Waals surface area (Å²) in [4.78, 5) is 11.2. The zero-order valence-corrected chi connectivity index (χ0v) is 16.3. The van der Waals surface area contributed by atoms with E-state index in [1.165, 1.54) is 0 Å². The average Bonchev–Trinajstić information content (AvgIpc) is 3.38. The van der Waals surface area contributed by atoms with Gasteiger partial charge >= 0.3 is 6.18 Å². The van der Waals surface area contributed by atoms with Gasteiger partial charge in [0.15, 0.2) is 0 Å². The summed E-state index contributed by atoms with van der Waals surface area (Å²) in [5.41, 5.74) is 0.529. The summed E-state index contributed by atoms with van der Waals surface area (Å²) >= 11 is 6.41. The van der Waals surface area contributed by atoms with Crippen molar-refractivity contribution in [2.75, 3.05) is 0 Å². The maximum Gasteiger partial charge on any atom is 0.417 e. The van der Waals surface area contributed by atoms with Gasteiger partial charge in [0, 0.05) is 34.6 Å². The van der Waals surface area contributed by atoms with Crippen molar-refractivity contribution in [3.05, 3.63) is 88.2 Å². The quantitative estimate of drug-likeness (QED) is 0.582. The van der Waals surface area contributed by atoms with Crippen molar-refractivity contribution in [2.24, 2.45) is 0 Å². The van der Waals surface area contributed by atoms with Gasteiger partial charge in [-0.05, 0) is 31.1 Å². The number of halogens is 5. The number of pyridine rings is 1. The molecular weight excluding hydrogens is 422 g/mol. The zero-order valence-electron chi connectivity index (χ0n) is 15.5. The molecule has 156 valence electrons. The van der Waals surface area contributed by atoms with Crippen molar-refractivity contribution < 1.29 is 22.3 Å². The molecule has 0 spiro atoms. The van der Waals surface area contributed by atoms with Crippen LogP contribution in [0.1, 0.15) is 41.5 Å². The standard InChI is InChI=1S/C21H16ClF4N3O/c22-16-8-14(30-11-19-17(23)7-13(9-27-19)21(24,25)26)5-6-15(16)18-10-28-20(29-18)12-3-1-2-4-12/h1,3-5,7-10,15H,2,6,11H2,(H,28,29). The predicted octanol–water partition coefficient (Wildman–Crippen LogP) is 6.02. The van der Waals surface area contributed by atoms with E-state index in [2.05, 4.69) is 21.0 Å². The minimum Gasteiger partial charge on any atom is -0.487 e. The van der Waals surface area contributed by atoms with Crippen LogP contribution in [0.25, 0.3) is 5.57 Å². The van der Waals surface area contributed by atoms with E-state index in [4.69, 9.17) is 16.3 Å². The summed E-state index contributed by atoms with van der Waals surface area (Å²) < 4.78 is 57.2. The van der Waals surface area contributed by atoms with Crippen molar-refractivity contribution in [1.82, 2.24) is 15.0 Å². The molecule has 0 amide bonds. The SMILES string of the molecule is Fc1cc(C(F)(F)F)cnc1COC1=CCC(c2cnc(C3=CCC=C3)[nH]2)C(Cl)=C1. The normalized spacial score (nSPS) is 18.8. The number of imidazole rings is 1. The van der Waals surface area contributed by atoms with E-state index in [0.717, 1.165) is 23.5 Å². The van der Waals surface area contributed by atoms with Crippen LogP contribution >= 0.6 is 11.6 Å². The maximum absolute atomic E-state index is 13.9. The van der Waals surface area contributed by atoms with Crippen LogP contribution in [0.3, 0.4) is 0 Å². The van der Waals surface area contributed by atoms with E-state index in [0.29, 0.717) is 29.5 Å². The molecule has 0 aromatic carbocycles. The molecule has 1 atom stereocenters. The van der Waals surface area contributed by atoms with Crippen LogP contribution in [0.5, 0.6) is 0 Å². The number of nitrogens with one attached hydrogen (secondary N) is 1. The highest BCUT2D eigenvalue weighted by Crippen LogP contribution is 2.36.